The Morgan fingerprint density at radius 2 is 2.24 bits per heavy atom. The lowest BCUT2D eigenvalue weighted by Gasteiger charge is -2.39. The average molecular weight is 238 g/mol. The second-order valence-electron chi connectivity index (χ2n) is 5.04. The van der Waals surface area contributed by atoms with Crippen LogP contribution in [0.2, 0.25) is 0 Å². The number of nitrogens with zero attached hydrogens (tertiary/aromatic N) is 2. The van der Waals surface area contributed by atoms with E-state index in [2.05, 4.69) is 22.2 Å². The fraction of sp³-hybridized carbons (Fsp3) is 0.667. The van der Waals surface area contributed by atoms with Crippen LogP contribution in [0.3, 0.4) is 0 Å². The van der Waals surface area contributed by atoms with Gasteiger partial charge in [-0.05, 0) is 18.8 Å². The van der Waals surface area contributed by atoms with Gasteiger partial charge in [-0.15, -0.1) is 0 Å². The molecule has 0 bridgehead atoms. The molecular weight excluding hydrogens is 219 g/mol. The molecule has 2 rings (SSSR count). The maximum Gasteiger partial charge on any atom is 0.223 e. The fourth-order valence-electron chi connectivity index (χ4n) is 2.62. The number of rotatable bonds is 3. The highest BCUT2D eigenvalue weighted by Crippen LogP contribution is 2.33. The van der Waals surface area contributed by atoms with Crippen molar-refractivity contribution in [3.05, 3.63) is 18.2 Å². The minimum atomic E-state index is -0.422. The zero-order valence-corrected chi connectivity index (χ0v) is 10.1. The van der Waals surface area contributed by atoms with E-state index < -0.39 is 5.82 Å². The Morgan fingerprint density at radius 1 is 1.53 bits per heavy atom. The van der Waals surface area contributed by atoms with Gasteiger partial charge >= 0.3 is 0 Å². The smallest absolute Gasteiger partial charge is 0.223 e. The first-order valence-electron chi connectivity index (χ1n) is 6.09. The van der Waals surface area contributed by atoms with Crippen LogP contribution in [0.15, 0.2) is 12.4 Å². The van der Waals surface area contributed by atoms with Gasteiger partial charge in [-0.25, -0.2) is 14.4 Å². The van der Waals surface area contributed by atoms with Crippen molar-refractivity contribution in [3.63, 3.8) is 0 Å². The van der Waals surface area contributed by atoms with Gasteiger partial charge < -0.3 is 11.1 Å². The first-order chi connectivity index (χ1) is 8.13. The van der Waals surface area contributed by atoms with Crippen molar-refractivity contribution in [1.82, 2.24) is 9.97 Å². The minimum absolute atomic E-state index is 0.129. The van der Waals surface area contributed by atoms with Gasteiger partial charge in [-0.1, -0.05) is 19.8 Å². The molecule has 4 nitrogen and oxygen atoms in total. The van der Waals surface area contributed by atoms with E-state index in [0.29, 0.717) is 18.4 Å². The van der Waals surface area contributed by atoms with Gasteiger partial charge in [-0.2, -0.15) is 0 Å². The van der Waals surface area contributed by atoms with E-state index in [1.807, 2.05) is 0 Å². The van der Waals surface area contributed by atoms with Gasteiger partial charge in [0.2, 0.25) is 5.95 Å². The molecule has 0 amide bonds. The Bertz CT molecular complexity index is 367. The van der Waals surface area contributed by atoms with Crippen molar-refractivity contribution >= 4 is 5.95 Å². The Balaban J connectivity index is 2.10. The maximum atomic E-state index is 12.7. The van der Waals surface area contributed by atoms with Gasteiger partial charge in [0.15, 0.2) is 5.82 Å². The van der Waals surface area contributed by atoms with Crippen LogP contribution in [-0.4, -0.2) is 22.1 Å². The van der Waals surface area contributed by atoms with Gasteiger partial charge in [0.1, 0.15) is 0 Å². The van der Waals surface area contributed by atoms with E-state index in [4.69, 9.17) is 5.73 Å². The van der Waals surface area contributed by atoms with E-state index in [9.17, 15) is 4.39 Å². The van der Waals surface area contributed by atoms with Crippen LogP contribution in [0.4, 0.5) is 10.3 Å². The summed E-state index contributed by atoms with van der Waals surface area (Å²) < 4.78 is 12.7. The zero-order valence-electron chi connectivity index (χ0n) is 10.1. The average Bonchev–Trinajstić information content (AvgIpc) is 2.32. The molecule has 5 heteroatoms. The molecule has 1 aliphatic carbocycles. The van der Waals surface area contributed by atoms with E-state index >= 15 is 0 Å². The van der Waals surface area contributed by atoms with Crippen molar-refractivity contribution in [2.24, 2.45) is 11.7 Å². The Hall–Kier alpha value is -1.23. The predicted molar refractivity (Wildman–Crippen MR) is 65.0 cm³/mol. The van der Waals surface area contributed by atoms with E-state index in [0.717, 1.165) is 19.3 Å². The normalized spacial score (nSPS) is 29.0. The molecule has 1 aromatic heterocycles. The number of nitrogens with two attached hydrogens (primary N) is 1. The molecule has 1 saturated carbocycles. The molecule has 0 saturated heterocycles. The standard InChI is InChI=1S/C12H19FN4/c1-9-3-2-4-12(5-9,8-14)17-11-15-6-10(13)7-16-11/h6-7,9H,2-5,8,14H2,1H3,(H,15,16,17). The van der Waals surface area contributed by atoms with Crippen LogP contribution in [0.25, 0.3) is 0 Å². The summed E-state index contributed by atoms with van der Waals surface area (Å²) in [6.07, 6.45) is 6.79. The molecule has 2 unspecified atom stereocenters. The maximum absolute atomic E-state index is 12.7. The van der Waals surface area contributed by atoms with Crippen molar-refractivity contribution in [1.29, 1.82) is 0 Å². The lowest BCUT2D eigenvalue weighted by atomic mass is 9.76. The van der Waals surface area contributed by atoms with E-state index in [-0.39, 0.29) is 5.54 Å². The van der Waals surface area contributed by atoms with Crippen LogP contribution < -0.4 is 11.1 Å². The SMILES string of the molecule is CC1CCCC(CN)(Nc2ncc(F)cn2)C1. The highest BCUT2D eigenvalue weighted by Gasteiger charge is 2.34. The third-order valence-corrected chi connectivity index (χ3v) is 3.48. The number of halogens is 1. The number of hydrogen-bond acceptors (Lipinski definition) is 4. The van der Waals surface area contributed by atoms with Crippen LogP contribution in [0.5, 0.6) is 0 Å². The number of anilines is 1. The van der Waals surface area contributed by atoms with Crippen molar-refractivity contribution in [2.75, 3.05) is 11.9 Å². The van der Waals surface area contributed by atoms with Gasteiger partial charge in [0.25, 0.3) is 0 Å². The lowest BCUT2D eigenvalue weighted by Crippen LogP contribution is -2.49. The molecule has 3 N–H and O–H groups in total. The molecule has 2 atom stereocenters. The highest BCUT2D eigenvalue weighted by molar-refractivity contribution is 5.29. The summed E-state index contributed by atoms with van der Waals surface area (Å²) in [6.45, 7) is 2.79. The largest absolute Gasteiger partial charge is 0.348 e. The summed E-state index contributed by atoms with van der Waals surface area (Å²) in [5.41, 5.74) is 5.76. The van der Waals surface area contributed by atoms with Crippen LogP contribution >= 0.6 is 0 Å². The topological polar surface area (TPSA) is 63.8 Å². The van der Waals surface area contributed by atoms with Crippen LogP contribution in [-0.2, 0) is 0 Å². The number of nitrogens with one attached hydrogen (secondary N) is 1. The van der Waals surface area contributed by atoms with Crippen LogP contribution in [0.1, 0.15) is 32.6 Å². The number of aromatic nitrogens is 2. The summed E-state index contributed by atoms with van der Waals surface area (Å²) in [6, 6.07) is 0. The van der Waals surface area contributed by atoms with Gasteiger partial charge in [-0.3, -0.25) is 0 Å². The number of hydrogen-bond donors (Lipinski definition) is 2. The lowest BCUT2D eigenvalue weighted by molar-refractivity contribution is 0.262. The summed E-state index contributed by atoms with van der Waals surface area (Å²) in [5.74, 6) is 0.695. The minimum Gasteiger partial charge on any atom is -0.348 e. The molecule has 0 aromatic carbocycles. The Kier molecular flexibility index (Phi) is 3.57. The van der Waals surface area contributed by atoms with E-state index in [1.165, 1.54) is 18.8 Å². The summed E-state index contributed by atoms with van der Waals surface area (Å²) >= 11 is 0. The first-order valence-corrected chi connectivity index (χ1v) is 6.09. The monoisotopic (exact) mass is 238 g/mol. The van der Waals surface area contributed by atoms with Crippen LogP contribution in [0, 0.1) is 11.7 Å². The third-order valence-electron chi connectivity index (χ3n) is 3.48. The molecule has 0 spiro atoms. The molecule has 94 valence electrons. The molecular formula is C12H19FN4. The molecule has 0 aliphatic heterocycles. The molecule has 1 fully saturated rings. The highest BCUT2D eigenvalue weighted by atomic mass is 19.1. The summed E-state index contributed by atoms with van der Waals surface area (Å²) in [7, 11) is 0. The van der Waals surface area contributed by atoms with Crippen molar-refractivity contribution in [2.45, 2.75) is 38.1 Å². The second kappa shape index (κ2) is 4.96. The summed E-state index contributed by atoms with van der Waals surface area (Å²) in [5, 5.41) is 3.29. The second-order valence-corrected chi connectivity index (χ2v) is 5.04. The predicted octanol–water partition coefficient (Wildman–Crippen LogP) is 1.94. The third kappa shape index (κ3) is 2.91. The van der Waals surface area contributed by atoms with Crippen molar-refractivity contribution in [3.8, 4) is 0 Å². The van der Waals surface area contributed by atoms with Gasteiger partial charge in [0, 0.05) is 6.54 Å². The molecule has 1 aromatic rings. The fourth-order valence-corrected chi connectivity index (χ4v) is 2.62. The van der Waals surface area contributed by atoms with Crippen molar-refractivity contribution < 1.29 is 4.39 Å². The summed E-state index contributed by atoms with van der Waals surface area (Å²) in [4.78, 5) is 7.88. The Morgan fingerprint density at radius 3 is 2.82 bits per heavy atom. The first kappa shape index (κ1) is 12.2. The molecule has 17 heavy (non-hydrogen) atoms. The zero-order chi connectivity index (χ0) is 12.3. The molecule has 0 radical (unpaired) electrons. The molecule has 1 aliphatic rings. The Labute approximate surface area is 101 Å². The van der Waals surface area contributed by atoms with Gasteiger partial charge in [0.05, 0.1) is 17.9 Å². The van der Waals surface area contributed by atoms with E-state index in [1.54, 1.807) is 0 Å². The quantitative estimate of drug-likeness (QED) is 0.844. The molecule has 1 heterocycles.